The Morgan fingerprint density at radius 3 is 2.80 bits per heavy atom. The van der Waals surface area contributed by atoms with Crippen LogP contribution >= 0.6 is 11.6 Å². The van der Waals surface area contributed by atoms with Crippen molar-refractivity contribution < 1.29 is 9.47 Å². The first kappa shape index (κ1) is 21.9. The summed E-state index contributed by atoms with van der Waals surface area (Å²) in [5, 5.41) is 4.87. The summed E-state index contributed by atoms with van der Waals surface area (Å²) in [6.45, 7) is 2.99. The van der Waals surface area contributed by atoms with Crippen molar-refractivity contribution in [2.75, 3.05) is 24.8 Å². The number of ether oxygens (including phenoxy) is 2. The van der Waals surface area contributed by atoms with Gasteiger partial charge in [0, 0.05) is 29.2 Å². The fourth-order valence-electron chi connectivity index (χ4n) is 4.88. The van der Waals surface area contributed by atoms with Crippen molar-refractivity contribution in [3.8, 4) is 11.5 Å². The Bertz CT molecular complexity index is 1410. The number of rotatable bonds is 6. The standard InChI is InChI=1S/C25H25ClN6O3/c26-17-2-3-21-20(10-17)24(30-25(33)32(21)13-18-11-28-14-29-18)31(19-5-7-27-8-6-19)12-16-1-4-22-23(9-16)35-15-34-22/h1-4,9-11,14,19,27H,5-8,12-13,15H2,(H,28,29). The zero-order valence-electron chi connectivity index (χ0n) is 19.0. The van der Waals surface area contributed by atoms with E-state index in [1.54, 1.807) is 17.1 Å². The molecule has 0 spiro atoms. The zero-order valence-corrected chi connectivity index (χ0v) is 19.8. The van der Waals surface area contributed by atoms with Crippen LogP contribution in [-0.4, -0.2) is 45.4 Å². The van der Waals surface area contributed by atoms with Gasteiger partial charge in [0.15, 0.2) is 11.5 Å². The molecule has 2 aliphatic heterocycles. The van der Waals surface area contributed by atoms with Crippen LogP contribution < -0.4 is 25.4 Å². The van der Waals surface area contributed by atoms with Crippen molar-refractivity contribution in [1.29, 1.82) is 0 Å². The Hall–Kier alpha value is -3.56. The van der Waals surface area contributed by atoms with Crippen LogP contribution in [0.2, 0.25) is 5.02 Å². The number of benzene rings is 2. The Labute approximate surface area is 206 Å². The van der Waals surface area contributed by atoms with E-state index in [4.69, 9.17) is 21.1 Å². The second-order valence-electron chi connectivity index (χ2n) is 8.84. The molecule has 0 radical (unpaired) electrons. The van der Waals surface area contributed by atoms with E-state index < -0.39 is 0 Å². The molecule has 0 atom stereocenters. The predicted octanol–water partition coefficient (Wildman–Crippen LogP) is 3.31. The number of nitrogens with one attached hydrogen (secondary N) is 2. The molecular formula is C25H25ClN6O3. The molecule has 9 nitrogen and oxygen atoms in total. The average molecular weight is 493 g/mol. The monoisotopic (exact) mass is 492 g/mol. The van der Waals surface area contributed by atoms with E-state index in [9.17, 15) is 4.79 Å². The minimum Gasteiger partial charge on any atom is -0.454 e. The second-order valence-corrected chi connectivity index (χ2v) is 9.28. The third-order valence-electron chi connectivity index (χ3n) is 6.62. The van der Waals surface area contributed by atoms with Crippen LogP contribution in [-0.2, 0) is 13.1 Å². The minimum atomic E-state index is -0.311. The molecule has 0 bridgehead atoms. The Balaban J connectivity index is 1.47. The lowest BCUT2D eigenvalue weighted by atomic mass is 10.0. The highest BCUT2D eigenvalue weighted by Gasteiger charge is 2.26. The molecule has 0 unspecified atom stereocenters. The first-order valence-corrected chi connectivity index (χ1v) is 12.1. The topological polar surface area (TPSA) is 97.3 Å². The summed E-state index contributed by atoms with van der Waals surface area (Å²) in [7, 11) is 0. The molecule has 1 fully saturated rings. The summed E-state index contributed by atoms with van der Waals surface area (Å²) >= 11 is 6.45. The summed E-state index contributed by atoms with van der Waals surface area (Å²) in [5.74, 6) is 2.14. The van der Waals surface area contributed by atoms with Gasteiger partial charge < -0.3 is 24.7 Å². The Morgan fingerprint density at radius 2 is 1.97 bits per heavy atom. The number of anilines is 1. The average Bonchev–Trinajstić information content (AvgIpc) is 3.56. The second kappa shape index (κ2) is 9.24. The number of imidazole rings is 1. The van der Waals surface area contributed by atoms with Gasteiger partial charge in [0.1, 0.15) is 5.82 Å². The molecule has 6 rings (SSSR count). The fraction of sp³-hybridized carbons (Fsp3) is 0.320. The van der Waals surface area contributed by atoms with Crippen LogP contribution in [0.15, 0.2) is 53.7 Å². The van der Waals surface area contributed by atoms with E-state index in [-0.39, 0.29) is 18.5 Å². The van der Waals surface area contributed by atoms with Crippen LogP contribution in [0.1, 0.15) is 24.1 Å². The van der Waals surface area contributed by atoms with Crippen molar-refractivity contribution >= 4 is 28.3 Å². The molecule has 4 aromatic rings. The summed E-state index contributed by atoms with van der Waals surface area (Å²) in [4.78, 5) is 27.4. The number of hydrogen-bond donors (Lipinski definition) is 2. The van der Waals surface area contributed by atoms with Gasteiger partial charge in [-0.2, -0.15) is 4.98 Å². The highest BCUT2D eigenvalue weighted by Crippen LogP contribution is 2.35. The molecule has 0 amide bonds. The number of aromatic nitrogens is 4. The molecule has 180 valence electrons. The number of aromatic amines is 1. The van der Waals surface area contributed by atoms with Crippen LogP contribution in [0.3, 0.4) is 0 Å². The van der Waals surface area contributed by atoms with Crippen LogP contribution in [0.25, 0.3) is 10.9 Å². The number of piperidine rings is 1. The van der Waals surface area contributed by atoms with Crippen molar-refractivity contribution in [1.82, 2.24) is 24.8 Å². The number of hydrogen-bond acceptors (Lipinski definition) is 7. The van der Waals surface area contributed by atoms with Crippen LogP contribution in [0.4, 0.5) is 5.82 Å². The maximum atomic E-state index is 13.4. The van der Waals surface area contributed by atoms with E-state index in [1.807, 2.05) is 36.4 Å². The van der Waals surface area contributed by atoms with Gasteiger partial charge in [0.2, 0.25) is 6.79 Å². The predicted molar refractivity (Wildman–Crippen MR) is 133 cm³/mol. The molecule has 10 heteroatoms. The lowest BCUT2D eigenvalue weighted by Gasteiger charge is -2.36. The van der Waals surface area contributed by atoms with Crippen molar-refractivity contribution in [3.63, 3.8) is 0 Å². The molecule has 2 N–H and O–H groups in total. The third-order valence-corrected chi connectivity index (χ3v) is 6.85. The van der Waals surface area contributed by atoms with E-state index in [0.717, 1.165) is 59.6 Å². The van der Waals surface area contributed by atoms with Gasteiger partial charge in [0.25, 0.3) is 0 Å². The molecule has 4 heterocycles. The van der Waals surface area contributed by atoms with Crippen molar-refractivity contribution in [2.45, 2.75) is 32.0 Å². The maximum Gasteiger partial charge on any atom is 0.350 e. The number of halogens is 1. The van der Waals surface area contributed by atoms with E-state index in [2.05, 4.69) is 25.2 Å². The number of fused-ring (bicyclic) bond motifs is 2. The van der Waals surface area contributed by atoms with Crippen molar-refractivity contribution in [3.05, 3.63) is 75.7 Å². The Kier molecular flexibility index (Phi) is 5.79. The molecule has 2 aliphatic rings. The van der Waals surface area contributed by atoms with Gasteiger partial charge >= 0.3 is 5.69 Å². The van der Waals surface area contributed by atoms with Gasteiger partial charge in [-0.05, 0) is 61.8 Å². The first-order valence-electron chi connectivity index (χ1n) is 11.7. The lowest BCUT2D eigenvalue weighted by molar-refractivity contribution is 0.174. The molecule has 1 saturated heterocycles. The van der Waals surface area contributed by atoms with E-state index >= 15 is 0 Å². The van der Waals surface area contributed by atoms with E-state index in [0.29, 0.717) is 23.9 Å². The largest absolute Gasteiger partial charge is 0.454 e. The SMILES string of the molecule is O=c1nc(N(Cc2ccc3c(c2)OCO3)C2CCNCC2)c2cc(Cl)ccc2n1Cc1cnc[nH]1. The zero-order chi connectivity index (χ0) is 23.8. The van der Waals surface area contributed by atoms with Gasteiger partial charge in [-0.15, -0.1) is 0 Å². The van der Waals surface area contributed by atoms with E-state index in [1.165, 1.54) is 0 Å². The molecule has 2 aromatic heterocycles. The third kappa shape index (κ3) is 4.33. The fourth-order valence-corrected chi connectivity index (χ4v) is 5.05. The normalized spacial score (nSPS) is 15.6. The highest BCUT2D eigenvalue weighted by atomic mass is 35.5. The van der Waals surface area contributed by atoms with Gasteiger partial charge in [0.05, 0.1) is 24.1 Å². The Morgan fingerprint density at radius 1 is 1.11 bits per heavy atom. The van der Waals surface area contributed by atoms with Gasteiger partial charge in [-0.25, -0.2) is 9.78 Å². The van der Waals surface area contributed by atoms with Crippen molar-refractivity contribution in [2.24, 2.45) is 0 Å². The number of nitrogens with zero attached hydrogens (tertiary/aromatic N) is 4. The number of H-pyrrole nitrogens is 1. The molecular weight excluding hydrogens is 468 g/mol. The molecule has 0 saturated carbocycles. The van der Waals surface area contributed by atoms with Crippen LogP contribution in [0, 0.1) is 0 Å². The summed E-state index contributed by atoms with van der Waals surface area (Å²) in [6, 6.07) is 11.8. The summed E-state index contributed by atoms with van der Waals surface area (Å²) in [5.41, 5.74) is 2.36. The lowest BCUT2D eigenvalue weighted by Crippen LogP contribution is -2.44. The summed E-state index contributed by atoms with van der Waals surface area (Å²) in [6.07, 6.45) is 5.21. The highest BCUT2D eigenvalue weighted by molar-refractivity contribution is 6.31. The van der Waals surface area contributed by atoms with Gasteiger partial charge in [-0.3, -0.25) is 4.57 Å². The van der Waals surface area contributed by atoms with Crippen LogP contribution in [0.5, 0.6) is 11.5 Å². The van der Waals surface area contributed by atoms with Gasteiger partial charge in [-0.1, -0.05) is 17.7 Å². The molecule has 35 heavy (non-hydrogen) atoms. The molecule has 0 aliphatic carbocycles. The maximum absolute atomic E-state index is 13.4. The quantitative estimate of drug-likeness (QED) is 0.426. The smallest absolute Gasteiger partial charge is 0.350 e. The summed E-state index contributed by atoms with van der Waals surface area (Å²) < 4.78 is 12.7. The first-order chi connectivity index (χ1) is 17.2. The molecule has 2 aromatic carbocycles. The minimum absolute atomic E-state index is 0.221.